The highest BCUT2D eigenvalue weighted by molar-refractivity contribution is 6.07. The summed E-state index contributed by atoms with van der Waals surface area (Å²) in [5.41, 5.74) is 0.933. The van der Waals surface area contributed by atoms with E-state index in [4.69, 9.17) is 0 Å². The summed E-state index contributed by atoms with van der Waals surface area (Å²) in [4.78, 5) is 0. The van der Waals surface area contributed by atoms with Crippen molar-refractivity contribution in [1.29, 1.82) is 0 Å². The van der Waals surface area contributed by atoms with Crippen molar-refractivity contribution in [1.82, 2.24) is 0 Å². The largest absolute Gasteiger partial charge is 0.387 e. The lowest BCUT2D eigenvalue weighted by atomic mass is 9.81. The van der Waals surface area contributed by atoms with Crippen LogP contribution in [0.15, 0.2) is 48.5 Å². The molecule has 4 N–H and O–H groups in total. The fourth-order valence-corrected chi connectivity index (χ4v) is 3.34. The van der Waals surface area contributed by atoms with Crippen LogP contribution in [0.1, 0.15) is 23.3 Å². The Labute approximate surface area is 126 Å². The van der Waals surface area contributed by atoms with Gasteiger partial charge in [0.1, 0.15) is 24.4 Å². The molecule has 3 aromatic carbocycles. The van der Waals surface area contributed by atoms with Crippen LogP contribution in [0.5, 0.6) is 0 Å². The van der Waals surface area contributed by atoms with Crippen LogP contribution in [0.4, 0.5) is 0 Å². The maximum Gasteiger partial charge on any atom is 0.113 e. The van der Waals surface area contributed by atoms with E-state index in [0.29, 0.717) is 11.1 Å². The highest BCUT2D eigenvalue weighted by atomic mass is 16.4. The van der Waals surface area contributed by atoms with Gasteiger partial charge in [-0.05, 0) is 44.8 Å². The normalized spacial score (nSPS) is 28.0. The van der Waals surface area contributed by atoms with Gasteiger partial charge in [-0.3, -0.25) is 0 Å². The Kier molecular flexibility index (Phi) is 2.96. The first-order valence-electron chi connectivity index (χ1n) is 7.25. The fourth-order valence-electron chi connectivity index (χ4n) is 3.34. The average Bonchev–Trinajstić information content (AvgIpc) is 2.56. The molecule has 0 fully saturated rings. The van der Waals surface area contributed by atoms with Gasteiger partial charge in [0.15, 0.2) is 0 Å². The third-order valence-electron chi connectivity index (χ3n) is 4.58. The Bertz CT molecular complexity index is 873. The molecule has 0 saturated carbocycles. The highest BCUT2D eigenvalue weighted by Gasteiger charge is 2.39. The quantitative estimate of drug-likeness (QED) is 0.477. The van der Waals surface area contributed by atoms with Crippen LogP contribution in [0, 0.1) is 0 Å². The van der Waals surface area contributed by atoms with Crippen molar-refractivity contribution in [3.8, 4) is 0 Å². The molecule has 0 bridgehead atoms. The fraction of sp³-hybridized carbons (Fsp3) is 0.222. The molecule has 0 saturated heterocycles. The molecule has 3 aromatic rings. The summed E-state index contributed by atoms with van der Waals surface area (Å²) in [5, 5.41) is 44.1. The van der Waals surface area contributed by atoms with Gasteiger partial charge in [-0.25, -0.2) is 0 Å². The molecular formula is C18H16O4. The maximum atomic E-state index is 10.2. The smallest absolute Gasteiger partial charge is 0.113 e. The van der Waals surface area contributed by atoms with Crippen LogP contribution in [0.25, 0.3) is 21.5 Å². The SMILES string of the molecule is O[C@@H]1[C@H](O)[C@@H](O)c2cc3c(ccc4ccccc43)cc2[C@H]1O. The third-order valence-corrected chi connectivity index (χ3v) is 4.58. The second-order valence-electron chi connectivity index (χ2n) is 5.86. The van der Waals surface area contributed by atoms with Crippen molar-refractivity contribution in [2.75, 3.05) is 0 Å². The Morgan fingerprint density at radius 2 is 1.18 bits per heavy atom. The molecule has 1 aliphatic rings. The molecular weight excluding hydrogens is 280 g/mol. The van der Waals surface area contributed by atoms with Crippen molar-refractivity contribution in [3.63, 3.8) is 0 Å². The molecule has 4 atom stereocenters. The van der Waals surface area contributed by atoms with E-state index in [-0.39, 0.29) is 0 Å². The van der Waals surface area contributed by atoms with Crippen molar-refractivity contribution >= 4 is 21.5 Å². The summed E-state index contributed by atoms with van der Waals surface area (Å²) < 4.78 is 0. The van der Waals surface area contributed by atoms with Crippen molar-refractivity contribution < 1.29 is 20.4 Å². The Morgan fingerprint density at radius 1 is 0.591 bits per heavy atom. The minimum absolute atomic E-state index is 0.466. The van der Waals surface area contributed by atoms with Crippen LogP contribution in [-0.4, -0.2) is 32.6 Å². The van der Waals surface area contributed by atoms with E-state index in [1.807, 2.05) is 36.4 Å². The molecule has 4 nitrogen and oxygen atoms in total. The number of aliphatic hydroxyl groups is 4. The summed E-state index contributed by atoms with van der Waals surface area (Å²) in [6.07, 6.45) is -5.20. The van der Waals surface area contributed by atoms with E-state index >= 15 is 0 Å². The number of hydrogen-bond donors (Lipinski definition) is 4. The van der Waals surface area contributed by atoms with Crippen LogP contribution in [-0.2, 0) is 0 Å². The molecule has 0 aromatic heterocycles. The summed E-state index contributed by atoms with van der Waals surface area (Å²) in [6.45, 7) is 0. The second-order valence-corrected chi connectivity index (χ2v) is 5.86. The van der Waals surface area contributed by atoms with Gasteiger partial charge >= 0.3 is 0 Å². The van der Waals surface area contributed by atoms with Gasteiger partial charge in [0, 0.05) is 0 Å². The molecule has 22 heavy (non-hydrogen) atoms. The van der Waals surface area contributed by atoms with E-state index < -0.39 is 24.4 Å². The number of hydrogen-bond acceptors (Lipinski definition) is 4. The molecule has 4 rings (SSSR count). The Hall–Kier alpha value is -1.98. The molecule has 0 amide bonds. The molecule has 0 spiro atoms. The Balaban J connectivity index is 2.06. The predicted octanol–water partition coefficient (Wildman–Crippen LogP) is 1.80. The van der Waals surface area contributed by atoms with Gasteiger partial charge < -0.3 is 20.4 Å². The van der Waals surface area contributed by atoms with Gasteiger partial charge in [-0.15, -0.1) is 0 Å². The minimum Gasteiger partial charge on any atom is -0.387 e. The van der Waals surface area contributed by atoms with Crippen LogP contribution >= 0.6 is 0 Å². The van der Waals surface area contributed by atoms with Crippen molar-refractivity contribution in [3.05, 3.63) is 59.7 Å². The summed E-state index contributed by atoms with van der Waals surface area (Å²) in [5.74, 6) is 0. The first-order valence-corrected chi connectivity index (χ1v) is 7.25. The lowest BCUT2D eigenvalue weighted by Crippen LogP contribution is -2.41. The van der Waals surface area contributed by atoms with Crippen LogP contribution < -0.4 is 0 Å². The zero-order chi connectivity index (χ0) is 15.4. The minimum atomic E-state index is -1.39. The van der Waals surface area contributed by atoms with Crippen LogP contribution in [0.2, 0.25) is 0 Å². The summed E-state index contributed by atoms with van der Waals surface area (Å²) in [7, 11) is 0. The van der Waals surface area contributed by atoms with Gasteiger partial charge in [-0.1, -0.05) is 36.4 Å². The van der Waals surface area contributed by atoms with E-state index in [0.717, 1.165) is 21.5 Å². The third kappa shape index (κ3) is 1.79. The maximum absolute atomic E-state index is 10.2. The van der Waals surface area contributed by atoms with E-state index in [1.165, 1.54) is 0 Å². The number of aliphatic hydroxyl groups excluding tert-OH is 4. The first kappa shape index (κ1) is 13.7. The zero-order valence-corrected chi connectivity index (χ0v) is 11.7. The molecule has 0 aliphatic heterocycles. The topological polar surface area (TPSA) is 80.9 Å². The Morgan fingerprint density at radius 3 is 1.91 bits per heavy atom. The first-order chi connectivity index (χ1) is 10.6. The van der Waals surface area contributed by atoms with Gasteiger partial charge in [0.25, 0.3) is 0 Å². The standard InChI is InChI=1S/C18H16O4/c19-15-13-7-10-6-5-9-3-1-2-4-11(9)12(10)8-14(13)16(20)18(22)17(15)21/h1-8,15-22H/t15-,16+,17+,18-/m1/s1. The van der Waals surface area contributed by atoms with E-state index in [2.05, 4.69) is 0 Å². The number of benzene rings is 3. The van der Waals surface area contributed by atoms with E-state index in [1.54, 1.807) is 12.1 Å². The highest BCUT2D eigenvalue weighted by Crippen LogP contribution is 2.40. The molecule has 0 heterocycles. The molecule has 0 unspecified atom stereocenters. The lowest BCUT2D eigenvalue weighted by molar-refractivity contribution is -0.120. The van der Waals surface area contributed by atoms with Crippen molar-refractivity contribution in [2.45, 2.75) is 24.4 Å². The van der Waals surface area contributed by atoms with Gasteiger partial charge in [0.2, 0.25) is 0 Å². The molecule has 4 heteroatoms. The predicted molar refractivity (Wildman–Crippen MR) is 83.4 cm³/mol. The second kappa shape index (κ2) is 4.76. The van der Waals surface area contributed by atoms with Crippen molar-refractivity contribution in [2.24, 2.45) is 0 Å². The summed E-state index contributed by atoms with van der Waals surface area (Å²) in [6, 6.07) is 15.5. The lowest BCUT2D eigenvalue weighted by Gasteiger charge is -2.34. The van der Waals surface area contributed by atoms with Gasteiger partial charge in [0.05, 0.1) is 0 Å². The number of fused-ring (bicyclic) bond motifs is 4. The van der Waals surface area contributed by atoms with Gasteiger partial charge in [-0.2, -0.15) is 0 Å². The van der Waals surface area contributed by atoms with E-state index in [9.17, 15) is 20.4 Å². The average molecular weight is 296 g/mol. The summed E-state index contributed by atoms with van der Waals surface area (Å²) >= 11 is 0. The molecule has 112 valence electrons. The van der Waals surface area contributed by atoms with Crippen LogP contribution in [0.3, 0.4) is 0 Å². The zero-order valence-electron chi connectivity index (χ0n) is 11.7. The monoisotopic (exact) mass is 296 g/mol. The number of rotatable bonds is 0. The molecule has 0 radical (unpaired) electrons. The molecule has 1 aliphatic carbocycles.